The Kier molecular flexibility index (Phi) is 7.14. The van der Waals surface area contributed by atoms with Crippen molar-refractivity contribution < 1.29 is 4.79 Å². The molecule has 3 N–H and O–H groups in total. The van der Waals surface area contributed by atoms with Gasteiger partial charge in [0.2, 0.25) is 0 Å². The van der Waals surface area contributed by atoms with Crippen molar-refractivity contribution in [2.45, 2.75) is 102 Å². The van der Waals surface area contributed by atoms with Crippen molar-refractivity contribution in [2.75, 3.05) is 5.73 Å². The zero-order chi connectivity index (χ0) is 17.5. The molecule has 0 aromatic carbocycles. The second kappa shape index (κ2) is 9.56. The van der Waals surface area contributed by atoms with Crippen LogP contribution >= 0.6 is 11.3 Å². The molecule has 2 aliphatic rings. The number of hydrogen-bond acceptors (Lipinski definition) is 4. The maximum Gasteiger partial charge on any atom is 0.265 e. The Labute approximate surface area is 156 Å². The van der Waals surface area contributed by atoms with E-state index in [9.17, 15) is 4.79 Å². The van der Waals surface area contributed by atoms with Crippen LogP contribution in [0.5, 0.6) is 0 Å². The lowest BCUT2D eigenvalue weighted by Crippen LogP contribution is -2.35. The number of anilines is 1. The molecular formula is C20H33N3OS. The summed E-state index contributed by atoms with van der Waals surface area (Å²) in [5.74, 6) is 0.929. The van der Waals surface area contributed by atoms with Crippen LogP contribution in [-0.2, 0) is 0 Å². The van der Waals surface area contributed by atoms with Crippen LogP contribution in [0, 0.1) is 0 Å². The number of amides is 1. The van der Waals surface area contributed by atoms with Gasteiger partial charge in [-0.05, 0) is 25.7 Å². The first-order valence-electron chi connectivity index (χ1n) is 10.3. The molecular weight excluding hydrogens is 330 g/mol. The second-order valence-corrected chi connectivity index (χ2v) is 8.85. The minimum Gasteiger partial charge on any atom is -0.382 e. The Bertz CT molecular complexity index is 541. The van der Waals surface area contributed by atoms with E-state index in [-0.39, 0.29) is 5.91 Å². The smallest absolute Gasteiger partial charge is 0.265 e. The van der Waals surface area contributed by atoms with Gasteiger partial charge in [0.05, 0.1) is 5.01 Å². The number of nitrogen functional groups attached to an aromatic ring is 1. The lowest BCUT2D eigenvalue weighted by molar-refractivity contribution is 0.0935. The summed E-state index contributed by atoms with van der Waals surface area (Å²) >= 11 is 1.54. The Morgan fingerprint density at radius 2 is 1.40 bits per heavy atom. The van der Waals surface area contributed by atoms with Crippen molar-refractivity contribution in [3.63, 3.8) is 0 Å². The third-order valence-corrected chi connectivity index (χ3v) is 7.00. The Hall–Kier alpha value is -1.10. The van der Waals surface area contributed by atoms with Gasteiger partial charge in [-0.1, -0.05) is 64.2 Å². The summed E-state index contributed by atoms with van der Waals surface area (Å²) in [6, 6.07) is 0.305. The molecule has 3 rings (SSSR count). The molecule has 0 radical (unpaired) electrons. The summed E-state index contributed by atoms with van der Waals surface area (Å²) in [5, 5.41) is 4.32. The van der Waals surface area contributed by atoms with Gasteiger partial charge in [0.15, 0.2) is 0 Å². The highest BCUT2D eigenvalue weighted by Crippen LogP contribution is 2.35. The average molecular weight is 364 g/mol. The van der Waals surface area contributed by atoms with E-state index in [0.717, 1.165) is 17.8 Å². The van der Waals surface area contributed by atoms with Gasteiger partial charge in [0.25, 0.3) is 5.91 Å². The molecule has 140 valence electrons. The molecule has 2 saturated carbocycles. The lowest BCUT2D eigenvalue weighted by Gasteiger charge is -2.20. The largest absolute Gasteiger partial charge is 0.382 e. The van der Waals surface area contributed by atoms with Crippen molar-refractivity contribution in [1.29, 1.82) is 0 Å². The highest BCUT2D eigenvalue weighted by atomic mass is 32.1. The number of rotatable bonds is 3. The van der Waals surface area contributed by atoms with E-state index >= 15 is 0 Å². The number of nitrogens with one attached hydrogen (secondary N) is 1. The van der Waals surface area contributed by atoms with E-state index in [0.29, 0.717) is 22.7 Å². The normalized spacial score (nSPS) is 21.8. The maximum absolute atomic E-state index is 12.7. The Balaban J connectivity index is 1.63. The summed E-state index contributed by atoms with van der Waals surface area (Å²) in [7, 11) is 0. The molecule has 0 saturated heterocycles. The molecule has 0 atom stereocenters. The molecule has 2 fully saturated rings. The van der Waals surface area contributed by atoms with Gasteiger partial charge in [-0.3, -0.25) is 4.79 Å². The van der Waals surface area contributed by atoms with Gasteiger partial charge >= 0.3 is 0 Å². The van der Waals surface area contributed by atoms with Crippen molar-refractivity contribution >= 4 is 23.1 Å². The lowest BCUT2D eigenvalue weighted by atomic mass is 9.92. The number of thiazole rings is 1. The monoisotopic (exact) mass is 363 g/mol. The molecule has 2 aliphatic carbocycles. The summed E-state index contributed by atoms with van der Waals surface area (Å²) in [6.07, 6.45) is 17.5. The SMILES string of the molecule is Nc1nc(C2CCCCCCC2)sc1C(=O)NC1CCCCCCC1. The van der Waals surface area contributed by atoms with Crippen LogP contribution in [0.2, 0.25) is 0 Å². The number of carbonyl (C=O) groups excluding carboxylic acids is 1. The van der Waals surface area contributed by atoms with Crippen LogP contribution in [-0.4, -0.2) is 16.9 Å². The zero-order valence-electron chi connectivity index (χ0n) is 15.4. The standard InChI is InChI=1S/C20H33N3OS/c21-18-17(19(24)22-16-13-9-5-2-6-10-14-16)25-20(23-18)15-11-7-3-1-4-8-12-15/h15-16H,1-14,21H2,(H,22,24). The van der Waals surface area contributed by atoms with E-state index in [4.69, 9.17) is 5.73 Å². The fourth-order valence-electron chi connectivity index (χ4n) is 4.24. The van der Waals surface area contributed by atoms with Crippen LogP contribution in [0.3, 0.4) is 0 Å². The first-order valence-corrected chi connectivity index (χ1v) is 11.1. The third kappa shape index (κ3) is 5.44. The predicted molar refractivity (Wildman–Crippen MR) is 105 cm³/mol. The Morgan fingerprint density at radius 1 is 0.880 bits per heavy atom. The molecule has 0 unspecified atom stereocenters. The number of nitrogens with two attached hydrogens (primary N) is 1. The molecule has 0 spiro atoms. The minimum atomic E-state index is -0.00216. The third-order valence-electron chi connectivity index (χ3n) is 5.77. The van der Waals surface area contributed by atoms with Crippen molar-refractivity contribution in [1.82, 2.24) is 10.3 Å². The number of carbonyl (C=O) groups is 1. The van der Waals surface area contributed by atoms with E-state index in [1.165, 1.54) is 88.4 Å². The van der Waals surface area contributed by atoms with Gasteiger partial charge in [-0.25, -0.2) is 4.98 Å². The first-order chi connectivity index (χ1) is 12.2. The van der Waals surface area contributed by atoms with Gasteiger partial charge in [-0.2, -0.15) is 0 Å². The molecule has 5 heteroatoms. The van der Waals surface area contributed by atoms with E-state index in [1.807, 2.05) is 0 Å². The minimum absolute atomic E-state index is 0.00216. The average Bonchev–Trinajstić information content (AvgIpc) is 2.91. The zero-order valence-corrected chi connectivity index (χ0v) is 16.2. The first kappa shape index (κ1) is 18.7. The maximum atomic E-state index is 12.7. The van der Waals surface area contributed by atoms with Crippen LogP contribution in [0.25, 0.3) is 0 Å². The summed E-state index contributed by atoms with van der Waals surface area (Å²) < 4.78 is 0. The van der Waals surface area contributed by atoms with Crippen molar-refractivity contribution in [3.05, 3.63) is 9.88 Å². The van der Waals surface area contributed by atoms with Crippen LogP contribution in [0.1, 0.15) is 110 Å². The van der Waals surface area contributed by atoms with Gasteiger partial charge < -0.3 is 11.1 Å². The number of nitrogens with zero attached hydrogens (tertiary/aromatic N) is 1. The van der Waals surface area contributed by atoms with Gasteiger partial charge in [0.1, 0.15) is 10.7 Å². The molecule has 0 aliphatic heterocycles. The molecule has 1 heterocycles. The van der Waals surface area contributed by atoms with Gasteiger partial charge in [0, 0.05) is 12.0 Å². The molecule has 1 aromatic rings. The molecule has 1 amide bonds. The quantitative estimate of drug-likeness (QED) is 0.756. The molecule has 4 nitrogen and oxygen atoms in total. The van der Waals surface area contributed by atoms with Crippen LogP contribution in [0.15, 0.2) is 0 Å². The Morgan fingerprint density at radius 3 is 2.00 bits per heavy atom. The van der Waals surface area contributed by atoms with Gasteiger partial charge in [-0.15, -0.1) is 11.3 Å². The fraction of sp³-hybridized carbons (Fsp3) is 0.800. The highest BCUT2D eigenvalue weighted by molar-refractivity contribution is 7.14. The van der Waals surface area contributed by atoms with Crippen molar-refractivity contribution in [2.24, 2.45) is 0 Å². The van der Waals surface area contributed by atoms with Crippen molar-refractivity contribution in [3.8, 4) is 0 Å². The predicted octanol–water partition coefficient (Wildman–Crippen LogP) is 5.40. The second-order valence-electron chi connectivity index (χ2n) is 7.82. The molecule has 25 heavy (non-hydrogen) atoms. The fourth-order valence-corrected chi connectivity index (χ4v) is 5.30. The van der Waals surface area contributed by atoms with Crippen LogP contribution < -0.4 is 11.1 Å². The molecule has 1 aromatic heterocycles. The van der Waals surface area contributed by atoms with E-state index in [2.05, 4.69) is 10.3 Å². The molecule has 0 bridgehead atoms. The summed E-state index contributed by atoms with van der Waals surface area (Å²) in [4.78, 5) is 18.0. The highest BCUT2D eigenvalue weighted by Gasteiger charge is 2.24. The van der Waals surface area contributed by atoms with Crippen LogP contribution in [0.4, 0.5) is 5.82 Å². The topological polar surface area (TPSA) is 68.0 Å². The summed E-state index contributed by atoms with van der Waals surface area (Å²) in [6.45, 7) is 0. The van der Waals surface area contributed by atoms with E-state index < -0.39 is 0 Å². The number of aromatic nitrogens is 1. The number of hydrogen-bond donors (Lipinski definition) is 2. The van der Waals surface area contributed by atoms with E-state index in [1.54, 1.807) is 0 Å². The summed E-state index contributed by atoms with van der Waals surface area (Å²) in [5.41, 5.74) is 6.12.